The van der Waals surface area contributed by atoms with Crippen molar-refractivity contribution in [2.45, 2.75) is 32.9 Å². The van der Waals surface area contributed by atoms with E-state index in [0.717, 1.165) is 10.9 Å². The number of carbonyl (C=O) groups excluding carboxylic acids is 1. The number of hydrogen-bond donors (Lipinski definition) is 0. The van der Waals surface area contributed by atoms with Gasteiger partial charge in [-0.2, -0.15) is 0 Å². The van der Waals surface area contributed by atoms with Crippen LogP contribution < -0.4 is 0 Å². The van der Waals surface area contributed by atoms with Gasteiger partial charge in [0.2, 0.25) is 0 Å². The van der Waals surface area contributed by atoms with Crippen molar-refractivity contribution in [2.24, 2.45) is 0 Å². The molecule has 0 N–H and O–H groups in total. The Kier molecular flexibility index (Phi) is 4.94. The summed E-state index contributed by atoms with van der Waals surface area (Å²) < 4.78 is 44.2. The summed E-state index contributed by atoms with van der Waals surface area (Å²) in [5.74, 6) is -0.765. The molecule has 2 aromatic carbocycles. The Morgan fingerprint density at radius 2 is 1.97 bits per heavy atom. The van der Waals surface area contributed by atoms with E-state index < -0.39 is 27.6 Å². The van der Waals surface area contributed by atoms with Gasteiger partial charge in [0.25, 0.3) is 5.91 Å². The molecule has 7 heteroatoms. The minimum Gasteiger partial charge on any atom is -0.451 e. The zero-order valence-electron chi connectivity index (χ0n) is 16.3. The highest BCUT2D eigenvalue weighted by Crippen LogP contribution is 2.30. The lowest BCUT2D eigenvalue weighted by molar-refractivity contribution is 0.0647. The van der Waals surface area contributed by atoms with E-state index in [-0.39, 0.29) is 23.8 Å². The first kappa shape index (κ1) is 19.6. The number of nitrogens with zero attached hydrogens (tertiary/aromatic N) is 1. The highest BCUT2D eigenvalue weighted by atomic mass is 32.2. The SMILES string of the molecule is Cc1ccc2c(C)c(C(=O)N(Cc3ccccc3F)[C@H]3CCS(=O)(=O)C3)oc2c1. The minimum absolute atomic E-state index is 0.0127. The minimum atomic E-state index is -3.22. The molecular weight excluding hydrogens is 393 g/mol. The van der Waals surface area contributed by atoms with Crippen molar-refractivity contribution >= 4 is 26.7 Å². The highest BCUT2D eigenvalue weighted by molar-refractivity contribution is 7.91. The molecule has 0 saturated carbocycles. The molecule has 1 aliphatic rings. The van der Waals surface area contributed by atoms with Gasteiger partial charge in [0, 0.05) is 29.1 Å². The van der Waals surface area contributed by atoms with E-state index in [1.165, 1.54) is 11.0 Å². The first-order valence-corrected chi connectivity index (χ1v) is 11.3. The van der Waals surface area contributed by atoms with Gasteiger partial charge >= 0.3 is 0 Å². The summed E-state index contributed by atoms with van der Waals surface area (Å²) in [6.45, 7) is 3.73. The summed E-state index contributed by atoms with van der Waals surface area (Å²) in [4.78, 5) is 14.9. The van der Waals surface area contributed by atoms with E-state index in [0.29, 0.717) is 23.1 Å². The van der Waals surface area contributed by atoms with E-state index in [1.54, 1.807) is 25.1 Å². The van der Waals surface area contributed by atoms with E-state index in [9.17, 15) is 17.6 Å². The van der Waals surface area contributed by atoms with E-state index in [4.69, 9.17) is 4.42 Å². The van der Waals surface area contributed by atoms with Crippen LogP contribution in [0.5, 0.6) is 0 Å². The summed E-state index contributed by atoms with van der Waals surface area (Å²) in [5.41, 5.74) is 2.66. The van der Waals surface area contributed by atoms with Gasteiger partial charge in [-0.15, -0.1) is 0 Å². The van der Waals surface area contributed by atoms with Crippen molar-refractivity contribution in [1.29, 1.82) is 0 Å². The molecule has 3 aromatic rings. The smallest absolute Gasteiger partial charge is 0.290 e. The third-order valence-corrected chi connectivity index (χ3v) is 7.25. The Bertz CT molecular complexity index is 1200. The Balaban J connectivity index is 1.75. The first-order valence-electron chi connectivity index (χ1n) is 9.50. The maximum absolute atomic E-state index is 14.3. The summed E-state index contributed by atoms with van der Waals surface area (Å²) in [7, 11) is -3.22. The molecule has 1 aromatic heterocycles. The topological polar surface area (TPSA) is 67.6 Å². The largest absolute Gasteiger partial charge is 0.451 e. The average Bonchev–Trinajstić information content (AvgIpc) is 3.19. The monoisotopic (exact) mass is 415 g/mol. The van der Waals surface area contributed by atoms with Crippen LogP contribution in [0.4, 0.5) is 4.39 Å². The second kappa shape index (κ2) is 7.30. The number of rotatable bonds is 4. The van der Waals surface area contributed by atoms with E-state index in [2.05, 4.69) is 0 Å². The molecule has 0 bridgehead atoms. The zero-order valence-corrected chi connectivity index (χ0v) is 17.1. The van der Waals surface area contributed by atoms with Gasteiger partial charge in [0.05, 0.1) is 11.5 Å². The first-order chi connectivity index (χ1) is 13.7. The molecule has 0 aliphatic carbocycles. The second-order valence-corrected chi connectivity index (χ2v) is 9.87. The third kappa shape index (κ3) is 3.79. The molecule has 1 saturated heterocycles. The van der Waals surface area contributed by atoms with E-state index in [1.807, 2.05) is 25.1 Å². The number of halogens is 1. The second-order valence-electron chi connectivity index (χ2n) is 7.64. The molecule has 1 atom stereocenters. The van der Waals surface area contributed by atoms with Crippen molar-refractivity contribution in [3.63, 3.8) is 0 Å². The number of sulfone groups is 1. The molecule has 0 unspecified atom stereocenters. The van der Waals surface area contributed by atoms with Crippen molar-refractivity contribution in [2.75, 3.05) is 11.5 Å². The maximum atomic E-state index is 14.3. The maximum Gasteiger partial charge on any atom is 0.290 e. The fraction of sp³-hybridized carbons (Fsp3) is 0.318. The zero-order chi connectivity index (χ0) is 20.8. The Labute approximate surface area is 169 Å². The van der Waals surface area contributed by atoms with Crippen LogP contribution in [0, 0.1) is 19.7 Å². The number of furan rings is 1. The fourth-order valence-electron chi connectivity index (χ4n) is 3.87. The third-order valence-electron chi connectivity index (χ3n) is 5.50. The van der Waals surface area contributed by atoms with Gasteiger partial charge in [-0.3, -0.25) is 4.79 Å². The van der Waals surface area contributed by atoms with Crippen LogP contribution in [0.3, 0.4) is 0 Å². The van der Waals surface area contributed by atoms with Crippen LogP contribution in [-0.4, -0.2) is 36.8 Å². The molecule has 29 heavy (non-hydrogen) atoms. The van der Waals surface area contributed by atoms with Gasteiger partial charge in [-0.1, -0.05) is 30.3 Å². The Morgan fingerprint density at radius 3 is 2.66 bits per heavy atom. The molecule has 1 fully saturated rings. The van der Waals surface area contributed by atoms with Crippen LogP contribution >= 0.6 is 0 Å². The quantitative estimate of drug-likeness (QED) is 0.646. The number of carbonyl (C=O) groups is 1. The Morgan fingerprint density at radius 1 is 1.21 bits per heavy atom. The van der Waals surface area contributed by atoms with Gasteiger partial charge in [0.15, 0.2) is 15.6 Å². The predicted molar refractivity (Wildman–Crippen MR) is 109 cm³/mol. The number of fused-ring (bicyclic) bond motifs is 1. The fourth-order valence-corrected chi connectivity index (χ4v) is 5.60. The molecule has 1 aliphatic heterocycles. The molecule has 5 nitrogen and oxygen atoms in total. The summed E-state index contributed by atoms with van der Waals surface area (Å²) in [6.07, 6.45) is 0.334. The molecular formula is C22H22FNO4S. The standard InChI is InChI=1S/C22H22FNO4S/c1-14-7-8-18-15(2)21(28-20(18)11-14)22(25)24(17-9-10-29(26,27)13-17)12-16-5-3-4-6-19(16)23/h3-8,11,17H,9-10,12-13H2,1-2H3/t17-/m0/s1. The van der Waals surface area contributed by atoms with Crippen molar-refractivity contribution in [3.05, 3.63) is 70.7 Å². The Hall–Kier alpha value is -2.67. The average molecular weight is 415 g/mol. The van der Waals surface area contributed by atoms with Crippen LogP contribution in [-0.2, 0) is 16.4 Å². The van der Waals surface area contributed by atoms with Crippen LogP contribution in [0.15, 0.2) is 46.9 Å². The van der Waals surface area contributed by atoms with Gasteiger partial charge < -0.3 is 9.32 Å². The number of amides is 1. The molecule has 0 radical (unpaired) electrons. The van der Waals surface area contributed by atoms with Crippen molar-refractivity contribution in [1.82, 2.24) is 4.90 Å². The number of benzene rings is 2. The normalized spacial score (nSPS) is 18.2. The molecule has 1 amide bonds. The lowest BCUT2D eigenvalue weighted by Crippen LogP contribution is -2.41. The predicted octanol–water partition coefficient (Wildman–Crippen LogP) is 4.02. The van der Waals surface area contributed by atoms with Crippen LogP contribution in [0.1, 0.15) is 33.7 Å². The molecule has 152 valence electrons. The molecule has 4 rings (SSSR count). The van der Waals surface area contributed by atoms with E-state index >= 15 is 0 Å². The lowest BCUT2D eigenvalue weighted by atomic mass is 10.1. The number of hydrogen-bond acceptors (Lipinski definition) is 4. The van der Waals surface area contributed by atoms with Gasteiger partial charge in [-0.05, 0) is 38.0 Å². The molecule has 0 spiro atoms. The highest BCUT2D eigenvalue weighted by Gasteiger charge is 2.37. The van der Waals surface area contributed by atoms with Crippen LogP contribution in [0.25, 0.3) is 11.0 Å². The summed E-state index contributed by atoms with van der Waals surface area (Å²) in [6, 6.07) is 11.4. The van der Waals surface area contributed by atoms with Gasteiger partial charge in [0.1, 0.15) is 11.4 Å². The number of aryl methyl sites for hydroxylation is 2. The van der Waals surface area contributed by atoms with Crippen molar-refractivity contribution < 1.29 is 22.0 Å². The molecule has 2 heterocycles. The summed E-state index contributed by atoms with van der Waals surface area (Å²) >= 11 is 0. The van der Waals surface area contributed by atoms with Crippen LogP contribution in [0.2, 0.25) is 0 Å². The lowest BCUT2D eigenvalue weighted by Gasteiger charge is -2.28. The summed E-state index contributed by atoms with van der Waals surface area (Å²) in [5, 5.41) is 0.837. The van der Waals surface area contributed by atoms with Gasteiger partial charge in [-0.25, -0.2) is 12.8 Å². The van der Waals surface area contributed by atoms with Crippen molar-refractivity contribution in [3.8, 4) is 0 Å².